The third kappa shape index (κ3) is 4.26. The average molecular weight is 366 g/mol. The van der Waals surface area contributed by atoms with Crippen LogP contribution in [0, 0.1) is 0 Å². The third-order valence-electron chi connectivity index (χ3n) is 4.23. The molecule has 1 atom stereocenters. The Balaban J connectivity index is 2.04. The van der Waals surface area contributed by atoms with Crippen molar-refractivity contribution in [3.8, 4) is 0 Å². The van der Waals surface area contributed by atoms with Gasteiger partial charge in [0, 0.05) is 16.7 Å². The highest BCUT2D eigenvalue weighted by molar-refractivity contribution is 8.20. The van der Waals surface area contributed by atoms with Crippen LogP contribution in [0.3, 0.4) is 0 Å². The van der Waals surface area contributed by atoms with E-state index in [1.165, 1.54) is 16.2 Å². The lowest BCUT2D eigenvalue weighted by Gasteiger charge is -2.30. The van der Waals surface area contributed by atoms with Crippen molar-refractivity contribution in [2.45, 2.75) is 12.5 Å². The van der Waals surface area contributed by atoms with Gasteiger partial charge in [-0.2, -0.15) is 0 Å². The molecular formula is C21H23N2PS. The maximum absolute atomic E-state index is 6.28. The summed E-state index contributed by atoms with van der Waals surface area (Å²) in [6.07, 6.45) is -1.30. The molecule has 0 aliphatic carbocycles. The van der Waals surface area contributed by atoms with Gasteiger partial charge in [-0.25, -0.2) is 0 Å². The molecule has 0 fully saturated rings. The van der Waals surface area contributed by atoms with Gasteiger partial charge in [0.2, 0.25) is 0 Å². The lowest BCUT2D eigenvalue weighted by molar-refractivity contribution is 0.618. The lowest BCUT2D eigenvalue weighted by atomic mass is 10.1. The molecule has 4 heteroatoms. The van der Waals surface area contributed by atoms with E-state index in [0.717, 1.165) is 6.42 Å². The highest BCUT2D eigenvalue weighted by Gasteiger charge is 2.26. The van der Waals surface area contributed by atoms with Crippen LogP contribution >= 0.6 is 6.19 Å². The SMILES string of the molecule is NCC[C@@H](NP(=S)(c1ccccc1)c1ccccc1)c1ccccc1. The molecule has 3 aromatic rings. The summed E-state index contributed by atoms with van der Waals surface area (Å²) in [6, 6.07) is 31.4. The molecule has 3 rings (SSSR count). The van der Waals surface area contributed by atoms with Crippen LogP contribution in [0.15, 0.2) is 91.0 Å². The Bertz CT molecular complexity index is 779. The van der Waals surface area contributed by atoms with Crippen molar-refractivity contribution in [2.75, 3.05) is 6.54 Å². The van der Waals surface area contributed by atoms with E-state index in [0.29, 0.717) is 6.54 Å². The standard InChI is InChI=1S/C21H23N2PS/c22-17-16-21(18-10-4-1-5-11-18)23-24(25,19-12-6-2-7-13-19)20-14-8-3-9-15-20/h1-15,21H,16-17,22H2,(H,23,25)/t21-/m1/s1. The number of hydrogen-bond acceptors (Lipinski definition) is 2. The third-order valence-corrected chi connectivity index (χ3v) is 8.54. The summed E-state index contributed by atoms with van der Waals surface area (Å²) in [7, 11) is 0. The van der Waals surface area contributed by atoms with Crippen molar-refractivity contribution in [3.63, 3.8) is 0 Å². The zero-order valence-corrected chi connectivity index (χ0v) is 15.8. The molecule has 0 unspecified atom stereocenters. The summed E-state index contributed by atoms with van der Waals surface area (Å²) in [5.74, 6) is 0. The van der Waals surface area contributed by atoms with Crippen LogP contribution in [0.4, 0.5) is 0 Å². The fourth-order valence-electron chi connectivity index (χ4n) is 2.95. The molecule has 2 nitrogen and oxygen atoms in total. The average Bonchev–Trinajstić information content (AvgIpc) is 2.69. The van der Waals surface area contributed by atoms with Crippen molar-refractivity contribution in [1.82, 2.24) is 5.09 Å². The second kappa shape index (κ2) is 8.55. The van der Waals surface area contributed by atoms with Gasteiger partial charge in [0.05, 0.1) is 6.19 Å². The Kier molecular flexibility index (Phi) is 6.17. The fourth-order valence-corrected chi connectivity index (χ4v) is 6.56. The van der Waals surface area contributed by atoms with E-state index in [2.05, 4.69) is 77.9 Å². The number of nitrogens with one attached hydrogen (secondary N) is 1. The van der Waals surface area contributed by atoms with Crippen LogP contribution in [-0.2, 0) is 11.8 Å². The van der Waals surface area contributed by atoms with Crippen LogP contribution in [-0.4, -0.2) is 6.54 Å². The van der Waals surface area contributed by atoms with Gasteiger partial charge in [-0.05, 0) is 18.5 Å². The zero-order chi connectivity index (χ0) is 17.5. The topological polar surface area (TPSA) is 38.0 Å². The fraction of sp³-hybridized carbons (Fsp3) is 0.143. The molecule has 0 saturated heterocycles. The number of benzene rings is 3. The molecule has 0 aliphatic rings. The molecule has 3 N–H and O–H groups in total. The van der Waals surface area contributed by atoms with Crippen molar-refractivity contribution < 1.29 is 0 Å². The maximum Gasteiger partial charge on any atom is 0.0689 e. The van der Waals surface area contributed by atoms with Crippen molar-refractivity contribution in [2.24, 2.45) is 5.73 Å². The molecule has 25 heavy (non-hydrogen) atoms. The highest BCUT2D eigenvalue weighted by Crippen LogP contribution is 2.42. The molecule has 0 spiro atoms. The van der Waals surface area contributed by atoms with Gasteiger partial charge in [0.15, 0.2) is 0 Å². The van der Waals surface area contributed by atoms with Crippen molar-refractivity contribution in [3.05, 3.63) is 96.6 Å². The van der Waals surface area contributed by atoms with Crippen molar-refractivity contribution in [1.29, 1.82) is 0 Å². The minimum Gasteiger partial charge on any atom is -0.330 e. The van der Waals surface area contributed by atoms with Crippen LogP contribution in [0.1, 0.15) is 18.0 Å². The molecule has 0 aliphatic heterocycles. The van der Waals surface area contributed by atoms with E-state index in [4.69, 9.17) is 17.5 Å². The molecule has 0 amide bonds. The van der Waals surface area contributed by atoms with Crippen LogP contribution in [0.2, 0.25) is 0 Å². The summed E-state index contributed by atoms with van der Waals surface area (Å²) in [5, 5.41) is 6.18. The molecular weight excluding hydrogens is 343 g/mol. The number of nitrogens with two attached hydrogens (primary N) is 1. The molecule has 3 aromatic carbocycles. The van der Waals surface area contributed by atoms with Gasteiger partial charge < -0.3 is 5.73 Å². The molecule has 0 radical (unpaired) electrons. The van der Waals surface area contributed by atoms with Gasteiger partial charge in [0.25, 0.3) is 0 Å². The number of rotatable bonds is 7. The van der Waals surface area contributed by atoms with Gasteiger partial charge in [-0.15, -0.1) is 0 Å². The van der Waals surface area contributed by atoms with E-state index >= 15 is 0 Å². The Hall–Kier alpha value is -1.77. The molecule has 0 heterocycles. The first kappa shape index (κ1) is 18.0. The van der Waals surface area contributed by atoms with Crippen molar-refractivity contribution >= 4 is 28.6 Å². The number of hydrogen-bond donors (Lipinski definition) is 2. The lowest BCUT2D eigenvalue weighted by Crippen LogP contribution is -2.31. The largest absolute Gasteiger partial charge is 0.330 e. The molecule has 128 valence electrons. The Morgan fingerprint density at radius 1 is 0.760 bits per heavy atom. The normalized spacial score (nSPS) is 12.7. The van der Waals surface area contributed by atoms with E-state index in [-0.39, 0.29) is 6.04 Å². The predicted octanol–water partition coefficient (Wildman–Crippen LogP) is 3.71. The highest BCUT2D eigenvalue weighted by atomic mass is 32.4. The van der Waals surface area contributed by atoms with Crippen LogP contribution in [0.25, 0.3) is 0 Å². The minimum absolute atomic E-state index is 0.137. The molecule has 0 bridgehead atoms. The minimum atomic E-state index is -2.15. The Morgan fingerprint density at radius 3 is 1.64 bits per heavy atom. The first-order valence-corrected chi connectivity index (χ1v) is 11.3. The monoisotopic (exact) mass is 366 g/mol. The van der Waals surface area contributed by atoms with Gasteiger partial charge in [-0.3, -0.25) is 5.09 Å². The predicted molar refractivity (Wildman–Crippen MR) is 112 cm³/mol. The van der Waals surface area contributed by atoms with E-state index in [1.807, 2.05) is 18.2 Å². The van der Waals surface area contributed by atoms with E-state index in [9.17, 15) is 0 Å². The second-order valence-corrected chi connectivity index (χ2v) is 10.1. The van der Waals surface area contributed by atoms with Crippen LogP contribution < -0.4 is 21.4 Å². The summed E-state index contributed by atoms with van der Waals surface area (Å²) in [5.41, 5.74) is 7.13. The summed E-state index contributed by atoms with van der Waals surface area (Å²) >= 11 is 6.28. The quantitative estimate of drug-likeness (QED) is 0.626. The van der Waals surface area contributed by atoms with Crippen LogP contribution in [0.5, 0.6) is 0 Å². The van der Waals surface area contributed by atoms with E-state index in [1.54, 1.807) is 0 Å². The first-order chi connectivity index (χ1) is 12.2. The van der Waals surface area contributed by atoms with Gasteiger partial charge in [0.1, 0.15) is 0 Å². The molecule has 0 aromatic heterocycles. The summed E-state index contributed by atoms with van der Waals surface area (Å²) in [4.78, 5) is 0. The van der Waals surface area contributed by atoms with Gasteiger partial charge in [-0.1, -0.05) is 103 Å². The Labute approximate surface area is 155 Å². The summed E-state index contributed by atoms with van der Waals surface area (Å²) in [6.45, 7) is 0.617. The first-order valence-electron chi connectivity index (χ1n) is 8.48. The maximum atomic E-state index is 6.28. The summed E-state index contributed by atoms with van der Waals surface area (Å²) < 4.78 is 0. The molecule has 0 saturated carbocycles. The Morgan fingerprint density at radius 2 is 1.20 bits per heavy atom. The van der Waals surface area contributed by atoms with E-state index < -0.39 is 6.19 Å². The second-order valence-electron chi connectivity index (χ2n) is 5.95. The smallest absolute Gasteiger partial charge is 0.0689 e. The van der Waals surface area contributed by atoms with Gasteiger partial charge >= 0.3 is 0 Å². The zero-order valence-electron chi connectivity index (χ0n) is 14.1.